The Labute approximate surface area is 138 Å². The van der Waals surface area contributed by atoms with E-state index in [2.05, 4.69) is 5.32 Å². The van der Waals surface area contributed by atoms with Crippen LogP contribution in [0, 0.1) is 0 Å². The summed E-state index contributed by atoms with van der Waals surface area (Å²) in [5.41, 5.74) is -0.307. The molecular weight excluding hydrogens is 306 g/mol. The molecule has 0 aliphatic carbocycles. The number of hydrogen-bond acceptors (Lipinski definition) is 7. The first-order valence-electron chi connectivity index (χ1n) is 7.82. The second-order valence-electron chi connectivity index (χ2n) is 5.68. The van der Waals surface area contributed by atoms with Gasteiger partial charge in [0, 0.05) is 5.54 Å². The van der Waals surface area contributed by atoms with Crippen LogP contribution in [0.5, 0.6) is 0 Å². The van der Waals surface area contributed by atoms with Crippen LogP contribution in [0.2, 0.25) is 0 Å². The Morgan fingerprint density at radius 1 is 0.783 bits per heavy atom. The third-order valence-corrected chi connectivity index (χ3v) is 2.29. The minimum atomic E-state index is -0.447. The molecule has 0 fully saturated rings. The van der Waals surface area contributed by atoms with E-state index in [9.17, 15) is 4.79 Å². The van der Waals surface area contributed by atoms with E-state index in [-0.39, 0.29) is 18.8 Å². The Hall–Kier alpha value is -0.930. The number of aliphatic hydroxyl groups is 1. The van der Waals surface area contributed by atoms with Crippen molar-refractivity contribution in [3.8, 4) is 0 Å². The lowest BCUT2D eigenvalue weighted by Crippen LogP contribution is -2.41. The van der Waals surface area contributed by atoms with Crippen molar-refractivity contribution >= 4 is 6.09 Å². The molecule has 0 saturated heterocycles. The maximum Gasteiger partial charge on any atom is 0.407 e. The van der Waals surface area contributed by atoms with Crippen LogP contribution in [0.25, 0.3) is 0 Å². The van der Waals surface area contributed by atoms with Crippen LogP contribution in [0.15, 0.2) is 0 Å². The van der Waals surface area contributed by atoms with Crippen molar-refractivity contribution in [2.45, 2.75) is 26.3 Å². The molecule has 0 aromatic heterocycles. The molecule has 0 aliphatic rings. The van der Waals surface area contributed by atoms with Gasteiger partial charge in [0.1, 0.15) is 6.61 Å². The SMILES string of the molecule is CC(C)(C)NC(=O)OCCOCCOCCOCCOCCO. The van der Waals surface area contributed by atoms with Gasteiger partial charge in [-0.15, -0.1) is 0 Å². The quantitative estimate of drug-likeness (QED) is 0.447. The molecule has 0 rings (SSSR count). The van der Waals surface area contributed by atoms with Gasteiger partial charge in [-0.3, -0.25) is 0 Å². The maximum atomic E-state index is 11.3. The number of carbonyl (C=O) groups is 1. The van der Waals surface area contributed by atoms with E-state index >= 15 is 0 Å². The van der Waals surface area contributed by atoms with Crippen molar-refractivity contribution in [1.82, 2.24) is 5.32 Å². The van der Waals surface area contributed by atoms with Gasteiger partial charge in [0.25, 0.3) is 0 Å². The molecule has 0 spiro atoms. The van der Waals surface area contributed by atoms with Gasteiger partial charge in [-0.1, -0.05) is 0 Å². The lowest BCUT2D eigenvalue weighted by atomic mass is 10.1. The predicted molar refractivity (Wildman–Crippen MR) is 84.6 cm³/mol. The summed E-state index contributed by atoms with van der Waals surface area (Å²) in [5.74, 6) is 0. The fourth-order valence-corrected chi connectivity index (χ4v) is 1.36. The fraction of sp³-hybridized carbons (Fsp3) is 0.933. The van der Waals surface area contributed by atoms with E-state index in [1.807, 2.05) is 20.8 Å². The predicted octanol–water partition coefficient (Wildman–Crippen LogP) is 0.570. The highest BCUT2D eigenvalue weighted by molar-refractivity contribution is 5.67. The number of hydrogen-bond donors (Lipinski definition) is 2. The zero-order chi connectivity index (χ0) is 17.4. The summed E-state index contributed by atoms with van der Waals surface area (Å²) in [6, 6.07) is 0. The number of carbonyl (C=O) groups excluding carboxylic acids is 1. The van der Waals surface area contributed by atoms with Crippen LogP contribution < -0.4 is 5.32 Å². The number of ether oxygens (including phenoxy) is 5. The Kier molecular flexibility index (Phi) is 14.1. The van der Waals surface area contributed by atoms with Crippen molar-refractivity contribution < 1.29 is 33.6 Å². The monoisotopic (exact) mass is 337 g/mol. The zero-order valence-electron chi connectivity index (χ0n) is 14.5. The smallest absolute Gasteiger partial charge is 0.407 e. The minimum Gasteiger partial charge on any atom is -0.447 e. The average molecular weight is 337 g/mol. The van der Waals surface area contributed by atoms with Gasteiger partial charge < -0.3 is 34.1 Å². The van der Waals surface area contributed by atoms with E-state index in [4.69, 9.17) is 28.8 Å². The fourth-order valence-electron chi connectivity index (χ4n) is 1.36. The highest BCUT2D eigenvalue weighted by atomic mass is 16.6. The van der Waals surface area contributed by atoms with Crippen molar-refractivity contribution in [3.63, 3.8) is 0 Å². The second kappa shape index (κ2) is 14.6. The van der Waals surface area contributed by atoms with Gasteiger partial charge in [-0.05, 0) is 20.8 Å². The molecule has 0 unspecified atom stereocenters. The molecule has 23 heavy (non-hydrogen) atoms. The summed E-state index contributed by atoms with van der Waals surface area (Å²) in [6.45, 7) is 9.34. The first-order chi connectivity index (χ1) is 11.0. The van der Waals surface area contributed by atoms with Crippen molar-refractivity contribution in [1.29, 1.82) is 0 Å². The third kappa shape index (κ3) is 19.0. The van der Waals surface area contributed by atoms with E-state index < -0.39 is 6.09 Å². The van der Waals surface area contributed by atoms with Crippen LogP contribution in [-0.4, -0.2) is 82.8 Å². The zero-order valence-corrected chi connectivity index (χ0v) is 14.5. The summed E-state index contributed by atoms with van der Waals surface area (Å²) in [7, 11) is 0. The van der Waals surface area contributed by atoms with Gasteiger partial charge in [-0.25, -0.2) is 4.79 Å². The Balaban J connectivity index is 3.15. The van der Waals surface area contributed by atoms with E-state index in [0.717, 1.165) is 0 Å². The Morgan fingerprint density at radius 3 is 1.57 bits per heavy atom. The van der Waals surface area contributed by atoms with Crippen LogP contribution in [-0.2, 0) is 23.7 Å². The first-order valence-corrected chi connectivity index (χ1v) is 7.82. The van der Waals surface area contributed by atoms with Crippen molar-refractivity contribution in [2.75, 3.05) is 66.1 Å². The molecule has 0 aliphatic heterocycles. The number of amides is 1. The van der Waals surface area contributed by atoms with Crippen LogP contribution in [0.4, 0.5) is 4.79 Å². The summed E-state index contributed by atoms with van der Waals surface area (Å²) < 4.78 is 25.8. The maximum absolute atomic E-state index is 11.3. The summed E-state index contributed by atoms with van der Waals surface area (Å²) in [5, 5.41) is 11.2. The van der Waals surface area contributed by atoms with Crippen molar-refractivity contribution in [3.05, 3.63) is 0 Å². The molecule has 0 saturated carbocycles. The van der Waals surface area contributed by atoms with Gasteiger partial charge in [-0.2, -0.15) is 0 Å². The van der Waals surface area contributed by atoms with E-state index in [0.29, 0.717) is 52.9 Å². The van der Waals surface area contributed by atoms with E-state index in [1.54, 1.807) is 0 Å². The van der Waals surface area contributed by atoms with E-state index in [1.165, 1.54) is 0 Å². The molecule has 1 amide bonds. The molecule has 138 valence electrons. The van der Waals surface area contributed by atoms with Crippen LogP contribution in [0.3, 0.4) is 0 Å². The highest BCUT2D eigenvalue weighted by Gasteiger charge is 2.13. The molecular formula is C15H31NO7. The van der Waals surface area contributed by atoms with Crippen LogP contribution >= 0.6 is 0 Å². The lowest BCUT2D eigenvalue weighted by Gasteiger charge is -2.19. The topological polar surface area (TPSA) is 95.5 Å². The van der Waals surface area contributed by atoms with Crippen LogP contribution in [0.1, 0.15) is 20.8 Å². The second-order valence-corrected chi connectivity index (χ2v) is 5.68. The van der Waals surface area contributed by atoms with Gasteiger partial charge >= 0.3 is 6.09 Å². The molecule has 8 heteroatoms. The average Bonchev–Trinajstić information content (AvgIpc) is 2.46. The number of rotatable bonds is 14. The first kappa shape index (κ1) is 22.1. The molecule has 0 radical (unpaired) electrons. The summed E-state index contributed by atoms with van der Waals surface area (Å²) >= 11 is 0. The van der Waals surface area contributed by atoms with Gasteiger partial charge in [0.15, 0.2) is 0 Å². The third-order valence-electron chi connectivity index (χ3n) is 2.29. The normalized spacial score (nSPS) is 11.5. The van der Waals surface area contributed by atoms with Gasteiger partial charge in [0.2, 0.25) is 0 Å². The summed E-state index contributed by atoms with van der Waals surface area (Å²) in [6.07, 6.45) is -0.447. The Bertz CT molecular complexity index is 281. The number of aliphatic hydroxyl groups excluding tert-OH is 1. The molecule has 0 atom stereocenters. The molecule has 8 nitrogen and oxygen atoms in total. The summed E-state index contributed by atoms with van der Waals surface area (Å²) in [4.78, 5) is 11.3. The standard InChI is InChI=1S/C15H31NO7/c1-15(2,3)16-14(18)23-13-12-22-11-10-21-9-8-20-7-6-19-5-4-17/h17H,4-13H2,1-3H3,(H,16,18). The largest absolute Gasteiger partial charge is 0.447 e. The Morgan fingerprint density at radius 2 is 1.17 bits per heavy atom. The lowest BCUT2D eigenvalue weighted by molar-refractivity contribution is -0.00953. The minimum absolute atomic E-state index is 0.0232. The molecule has 0 aromatic rings. The molecule has 0 heterocycles. The van der Waals surface area contributed by atoms with Crippen molar-refractivity contribution in [2.24, 2.45) is 0 Å². The molecule has 0 aromatic carbocycles. The number of alkyl carbamates (subject to hydrolysis) is 1. The number of nitrogens with one attached hydrogen (secondary N) is 1. The molecule has 2 N–H and O–H groups in total. The van der Waals surface area contributed by atoms with Gasteiger partial charge in [0.05, 0.1) is 59.5 Å². The highest BCUT2D eigenvalue weighted by Crippen LogP contribution is 1.98. The molecule has 0 bridgehead atoms.